The number of benzene rings is 2. The highest BCUT2D eigenvalue weighted by Gasteiger charge is 2.27. The summed E-state index contributed by atoms with van der Waals surface area (Å²) >= 11 is 11.9. The van der Waals surface area contributed by atoms with E-state index in [1.165, 1.54) is 18.2 Å². The van der Waals surface area contributed by atoms with E-state index in [0.29, 0.717) is 25.8 Å². The van der Waals surface area contributed by atoms with E-state index in [0.717, 1.165) is 16.5 Å². The smallest absolute Gasteiger partial charge is 0.303 e. The lowest BCUT2D eigenvalue weighted by atomic mass is 10.1. The second-order valence-electron chi connectivity index (χ2n) is 8.84. The van der Waals surface area contributed by atoms with Crippen LogP contribution in [0.5, 0.6) is 0 Å². The summed E-state index contributed by atoms with van der Waals surface area (Å²) in [5.41, 5.74) is 2.24. The molecule has 216 valence electrons. The van der Waals surface area contributed by atoms with Crippen molar-refractivity contribution < 1.29 is 24.3 Å². The summed E-state index contributed by atoms with van der Waals surface area (Å²) in [5, 5.41) is 18.7. The quantitative estimate of drug-likeness (QED) is 0.188. The zero-order chi connectivity index (χ0) is 29.7. The molecule has 0 fully saturated rings. The van der Waals surface area contributed by atoms with Gasteiger partial charge in [-0.1, -0.05) is 68.6 Å². The van der Waals surface area contributed by atoms with Gasteiger partial charge in [0.05, 0.1) is 10.0 Å². The van der Waals surface area contributed by atoms with Gasteiger partial charge in [0.25, 0.3) is 5.91 Å². The highest BCUT2D eigenvalue weighted by molar-refractivity contribution is 6.42. The van der Waals surface area contributed by atoms with Crippen LogP contribution in [0.2, 0.25) is 10.0 Å². The lowest BCUT2D eigenvalue weighted by molar-refractivity contribution is -0.137. The van der Waals surface area contributed by atoms with Gasteiger partial charge in [0.1, 0.15) is 12.1 Å². The van der Waals surface area contributed by atoms with E-state index in [-0.39, 0.29) is 34.4 Å². The molecule has 40 heavy (non-hydrogen) atoms. The first-order valence-corrected chi connectivity index (χ1v) is 14.1. The van der Waals surface area contributed by atoms with Crippen molar-refractivity contribution >= 4 is 57.8 Å². The molecule has 3 rings (SSSR count). The third-order valence-electron chi connectivity index (χ3n) is 6.03. The maximum Gasteiger partial charge on any atom is 0.303 e. The molecule has 0 spiro atoms. The van der Waals surface area contributed by atoms with Crippen molar-refractivity contribution in [3.8, 4) is 0 Å². The first kappa shape index (κ1) is 32.7. The van der Waals surface area contributed by atoms with Crippen molar-refractivity contribution in [3.05, 3.63) is 69.8 Å². The Hall–Kier alpha value is -3.56. The summed E-state index contributed by atoms with van der Waals surface area (Å²) in [7, 11) is 0. The van der Waals surface area contributed by atoms with E-state index in [9.17, 15) is 19.2 Å². The maximum absolute atomic E-state index is 13.1. The van der Waals surface area contributed by atoms with E-state index < -0.39 is 29.9 Å². The Morgan fingerprint density at radius 2 is 1.62 bits per heavy atom. The first-order valence-electron chi connectivity index (χ1n) is 13.3. The topological polar surface area (TPSA) is 140 Å². The molecule has 0 aliphatic rings. The van der Waals surface area contributed by atoms with Gasteiger partial charge in [-0.25, -0.2) is 0 Å². The standard InChI is InChI=1S/C27H30Cl2N4O5.C2H6/c1-2-5-22(26(37)30-13-12-17-15-31-21-7-4-3-6-18(17)21)33-27(38)23(10-11-24(34)35)32-25(36)16-8-9-19(28)20(29)14-16;1-2/h3-4,6-9,14-15,22-23,31H,2,5,10-13H2,1H3,(H,30,37)(H,32,36)(H,33,38)(H,34,35);1-2H3. The molecule has 5 N–H and O–H groups in total. The average Bonchev–Trinajstić information content (AvgIpc) is 3.36. The molecule has 9 nitrogen and oxygen atoms in total. The van der Waals surface area contributed by atoms with Crippen molar-refractivity contribution in [2.75, 3.05) is 6.54 Å². The third-order valence-corrected chi connectivity index (χ3v) is 6.77. The minimum atomic E-state index is -1.17. The number of aliphatic carboxylic acids is 1. The van der Waals surface area contributed by atoms with Gasteiger partial charge in [-0.05, 0) is 49.1 Å². The molecule has 0 saturated heterocycles. The lowest BCUT2D eigenvalue weighted by Crippen LogP contribution is -2.54. The zero-order valence-electron chi connectivity index (χ0n) is 22.9. The minimum Gasteiger partial charge on any atom is -0.481 e. The van der Waals surface area contributed by atoms with Crippen molar-refractivity contribution in [2.24, 2.45) is 0 Å². The van der Waals surface area contributed by atoms with Crippen LogP contribution in [0.4, 0.5) is 0 Å². The first-order chi connectivity index (χ1) is 19.2. The molecule has 0 saturated carbocycles. The fraction of sp³-hybridized carbons (Fsp3) is 0.379. The van der Waals surface area contributed by atoms with Crippen molar-refractivity contribution in [1.82, 2.24) is 20.9 Å². The van der Waals surface area contributed by atoms with Crippen LogP contribution in [-0.4, -0.2) is 52.4 Å². The van der Waals surface area contributed by atoms with Crippen molar-refractivity contribution in [2.45, 2.75) is 65.0 Å². The number of carboxylic acids is 1. The van der Waals surface area contributed by atoms with E-state index in [4.69, 9.17) is 28.3 Å². The molecular formula is C29H36Cl2N4O5. The Labute approximate surface area is 244 Å². The van der Waals surface area contributed by atoms with Crippen LogP contribution >= 0.6 is 23.2 Å². The molecule has 2 aromatic carbocycles. The number of rotatable bonds is 13. The Bertz CT molecular complexity index is 1310. The molecule has 2 unspecified atom stereocenters. The number of carboxylic acid groups (broad SMARTS) is 1. The minimum absolute atomic E-state index is 0.157. The van der Waals surface area contributed by atoms with Crippen LogP contribution in [0.1, 0.15) is 62.4 Å². The molecule has 11 heteroatoms. The second-order valence-corrected chi connectivity index (χ2v) is 9.65. The fourth-order valence-electron chi connectivity index (χ4n) is 4.03. The normalized spacial score (nSPS) is 12.0. The van der Waals surface area contributed by atoms with Crippen LogP contribution in [0.25, 0.3) is 10.9 Å². The van der Waals surface area contributed by atoms with Gasteiger partial charge in [0, 0.05) is 35.6 Å². The summed E-state index contributed by atoms with van der Waals surface area (Å²) < 4.78 is 0. The molecule has 2 atom stereocenters. The van der Waals surface area contributed by atoms with E-state index in [1.54, 1.807) is 0 Å². The number of nitrogens with one attached hydrogen (secondary N) is 4. The summed E-state index contributed by atoms with van der Waals surface area (Å²) in [6.07, 6.45) is 2.99. The van der Waals surface area contributed by atoms with Crippen LogP contribution in [-0.2, 0) is 20.8 Å². The van der Waals surface area contributed by atoms with Gasteiger partial charge in [-0.15, -0.1) is 0 Å². The van der Waals surface area contributed by atoms with Gasteiger partial charge in [0.2, 0.25) is 11.8 Å². The lowest BCUT2D eigenvalue weighted by Gasteiger charge is -2.23. The zero-order valence-corrected chi connectivity index (χ0v) is 24.4. The predicted octanol–water partition coefficient (Wildman–Crippen LogP) is 5.11. The SMILES string of the molecule is CC.CCCC(NC(=O)C(CCC(=O)O)NC(=O)c1ccc(Cl)c(Cl)c1)C(=O)NCCc1c[nH]c2ccccc12. The van der Waals surface area contributed by atoms with Gasteiger partial charge >= 0.3 is 5.97 Å². The highest BCUT2D eigenvalue weighted by atomic mass is 35.5. The maximum atomic E-state index is 13.1. The monoisotopic (exact) mass is 590 g/mol. The molecule has 1 heterocycles. The number of halogens is 2. The largest absolute Gasteiger partial charge is 0.481 e. The molecule has 1 aromatic heterocycles. The number of carbonyl (C=O) groups excluding carboxylic acids is 3. The molecule has 3 amide bonds. The molecule has 3 aromatic rings. The van der Waals surface area contributed by atoms with Crippen molar-refractivity contribution in [3.63, 3.8) is 0 Å². The fourth-order valence-corrected chi connectivity index (χ4v) is 4.33. The van der Waals surface area contributed by atoms with Crippen molar-refractivity contribution in [1.29, 1.82) is 0 Å². The van der Waals surface area contributed by atoms with E-state index in [1.807, 2.05) is 51.2 Å². The number of hydrogen-bond donors (Lipinski definition) is 5. The number of amides is 3. The van der Waals surface area contributed by atoms with Crippen LogP contribution in [0.3, 0.4) is 0 Å². The number of H-pyrrole nitrogens is 1. The Kier molecular flexibility index (Phi) is 13.5. The molecule has 0 radical (unpaired) electrons. The Morgan fingerprint density at radius 3 is 2.30 bits per heavy atom. The summed E-state index contributed by atoms with van der Waals surface area (Å²) in [4.78, 5) is 53.1. The van der Waals surface area contributed by atoms with Crippen LogP contribution < -0.4 is 16.0 Å². The van der Waals surface area contributed by atoms with Gasteiger partial charge in [0.15, 0.2) is 0 Å². The summed E-state index contributed by atoms with van der Waals surface area (Å²) in [5.74, 6) is -2.74. The predicted molar refractivity (Wildman–Crippen MR) is 158 cm³/mol. The number of aromatic amines is 1. The Balaban J connectivity index is 0.00000274. The molecule has 0 bridgehead atoms. The molecular weight excluding hydrogens is 555 g/mol. The van der Waals surface area contributed by atoms with Crippen LogP contribution in [0.15, 0.2) is 48.7 Å². The second kappa shape index (κ2) is 16.5. The van der Waals surface area contributed by atoms with Gasteiger partial charge in [-0.2, -0.15) is 0 Å². The number of para-hydroxylation sites is 1. The molecule has 0 aliphatic carbocycles. The van der Waals surface area contributed by atoms with Gasteiger partial charge in [-0.3, -0.25) is 19.2 Å². The molecule has 0 aliphatic heterocycles. The summed E-state index contributed by atoms with van der Waals surface area (Å²) in [6, 6.07) is 10.1. The van der Waals surface area contributed by atoms with Gasteiger partial charge < -0.3 is 26.0 Å². The number of fused-ring (bicyclic) bond motifs is 1. The highest BCUT2D eigenvalue weighted by Crippen LogP contribution is 2.22. The third kappa shape index (κ3) is 9.57. The number of hydrogen-bond acceptors (Lipinski definition) is 4. The number of aromatic nitrogens is 1. The summed E-state index contributed by atoms with van der Waals surface area (Å²) in [6.45, 7) is 6.25. The van der Waals surface area contributed by atoms with E-state index >= 15 is 0 Å². The van der Waals surface area contributed by atoms with Crippen LogP contribution in [0, 0.1) is 0 Å². The van der Waals surface area contributed by atoms with E-state index in [2.05, 4.69) is 20.9 Å². The number of carbonyl (C=O) groups is 4. The Morgan fingerprint density at radius 1 is 0.925 bits per heavy atom. The average molecular weight is 592 g/mol.